The van der Waals surface area contributed by atoms with Crippen molar-refractivity contribution in [1.29, 1.82) is 0 Å². The predicted molar refractivity (Wildman–Crippen MR) is 128 cm³/mol. The summed E-state index contributed by atoms with van der Waals surface area (Å²) in [5, 5.41) is 5.91. The van der Waals surface area contributed by atoms with Gasteiger partial charge in [-0.25, -0.2) is 0 Å². The van der Waals surface area contributed by atoms with E-state index in [4.69, 9.17) is 11.6 Å². The van der Waals surface area contributed by atoms with Crippen molar-refractivity contribution in [2.45, 2.75) is 30.7 Å². The number of benzene rings is 3. The second kappa shape index (κ2) is 9.75. The van der Waals surface area contributed by atoms with Crippen LogP contribution >= 0.6 is 23.4 Å². The third-order valence-corrected chi connectivity index (χ3v) is 7.10. The fourth-order valence-corrected chi connectivity index (χ4v) is 5.33. The second-order valence-corrected chi connectivity index (χ2v) is 9.25. The first-order valence-electron chi connectivity index (χ1n) is 10.5. The number of hydrogen-bond acceptors (Lipinski definition) is 3. The SMILES string of the molecule is Cc1ccccc1C(=O)NC1CCN(C(=O)CSc2cccc3cccc(Cl)c23)CC1. The highest BCUT2D eigenvalue weighted by atomic mass is 35.5. The quantitative estimate of drug-likeness (QED) is 0.533. The van der Waals surface area contributed by atoms with Crippen LogP contribution in [0.15, 0.2) is 65.6 Å². The maximum absolute atomic E-state index is 12.8. The first-order valence-corrected chi connectivity index (χ1v) is 11.8. The van der Waals surface area contributed by atoms with E-state index in [0.717, 1.165) is 34.1 Å². The minimum atomic E-state index is -0.0359. The summed E-state index contributed by atoms with van der Waals surface area (Å²) in [6.07, 6.45) is 1.54. The molecule has 0 saturated carbocycles. The molecular formula is C25H25ClN2O2S. The maximum Gasteiger partial charge on any atom is 0.251 e. The van der Waals surface area contributed by atoms with Gasteiger partial charge in [-0.1, -0.05) is 54.1 Å². The Morgan fingerprint density at radius 2 is 1.74 bits per heavy atom. The number of rotatable bonds is 5. The van der Waals surface area contributed by atoms with E-state index in [-0.39, 0.29) is 17.9 Å². The van der Waals surface area contributed by atoms with E-state index in [2.05, 4.69) is 5.32 Å². The predicted octanol–water partition coefficient (Wildman–Crippen LogP) is 5.31. The van der Waals surface area contributed by atoms with E-state index >= 15 is 0 Å². The van der Waals surface area contributed by atoms with Crippen LogP contribution < -0.4 is 5.32 Å². The Kier molecular flexibility index (Phi) is 6.83. The van der Waals surface area contributed by atoms with Crippen LogP contribution in [-0.4, -0.2) is 41.6 Å². The van der Waals surface area contributed by atoms with Crippen molar-refractivity contribution in [3.8, 4) is 0 Å². The maximum atomic E-state index is 12.8. The van der Waals surface area contributed by atoms with E-state index < -0.39 is 0 Å². The number of hydrogen-bond donors (Lipinski definition) is 1. The lowest BCUT2D eigenvalue weighted by Crippen LogP contribution is -2.47. The molecule has 3 aromatic rings. The number of carbonyl (C=O) groups is 2. The molecule has 1 aliphatic heterocycles. The summed E-state index contributed by atoms with van der Waals surface area (Å²) < 4.78 is 0. The monoisotopic (exact) mass is 452 g/mol. The fraction of sp³-hybridized carbons (Fsp3) is 0.280. The zero-order valence-corrected chi connectivity index (χ0v) is 19.0. The van der Waals surface area contributed by atoms with Crippen LogP contribution in [0.25, 0.3) is 10.8 Å². The van der Waals surface area contributed by atoms with E-state index in [0.29, 0.717) is 29.4 Å². The molecule has 6 heteroatoms. The molecule has 0 radical (unpaired) electrons. The number of amides is 2. The molecule has 1 N–H and O–H groups in total. The standard InChI is InChI=1S/C25H25ClN2O2S/c1-17-6-2-3-9-20(17)25(30)27-19-12-14-28(15-13-19)23(29)16-31-22-11-5-8-18-7-4-10-21(26)24(18)22/h2-11,19H,12-16H2,1H3,(H,27,30). The molecule has 3 aromatic carbocycles. The molecule has 0 unspecified atom stereocenters. The van der Waals surface area contributed by atoms with Crippen LogP contribution in [0.1, 0.15) is 28.8 Å². The Bertz CT molecular complexity index is 1100. The van der Waals surface area contributed by atoms with Gasteiger partial charge in [-0.3, -0.25) is 9.59 Å². The summed E-state index contributed by atoms with van der Waals surface area (Å²) in [6, 6.07) is 19.6. The lowest BCUT2D eigenvalue weighted by Gasteiger charge is -2.32. The largest absolute Gasteiger partial charge is 0.349 e. The van der Waals surface area contributed by atoms with Gasteiger partial charge >= 0.3 is 0 Å². The number of aryl methyl sites for hydroxylation is 1. The van der Waals surface area contributed by atoms with Crippen molar-refractivity contribution in [2.24, 2.45) is 0 Å². The Hall–Kier alpha value is -2.50. The topological polar surface area (TPSA) is 49.4 Å². The number of likely N-dealkylation sites (tertiary alicyclic amines) is 1. The van der Waals surface area contributed by atoms with Gasteiger partial charge in [0.2, 0.25) is 5.91 Å². The number of thioether (sulfide) groups is 1. The number of carbonyl (C=O) groups excluding carboxylic acids is 2. The minimum Gasteiger partial charge on any atom is -0.349 e. The van der Waals surface area contributed by atoms with Crippen LogP contribution in [0.3, 0.4) is 0 Å². The number of fused-ring (bicyclic) bond motifs is 1. The highest BCUT2D eigenvalue weighted by Gasteiger charge is 2.24. The van der Waals surface area contributed by atoms with Crippen molar-refractivity contribution in [2.75, 3.05) is 18.8 Å². The van der Waals surface area contributed by atoms with Crippen molar-refractivity contribution < 1.29 is 9.59 Å². The highest BCUT2D eigenvalue weighted by Crippen LogP contribution is 2.33. The molecule has 1 heterocycles. The Morgan fingerprint density at radius 3 is 2.48 bits per heavy atom. The smallest absolute Gasteiger partial charge is 0.251 e. The van der Waals surface area contributed by atoms with Gasteiger partial charge < -0.3 is 10.2 Å². The Labute approximate surface area is 192 Å². The van der Waals surface area contributed by atoms with Crippen molar-refractivity contribution in [3.05, 3.63) is 76.8 Å². The molecule has 0 spiro atoms. The molecule has 0 aromatic heterocycles. The van der Waals surface area contributed by atoms with Crippen LogP contribution in [0.5, 0.6) is 0 Å². The second-order valence-electron chi connectivity index (χ2n) is 7.83. The Morgan fingerprint density at radius 1 is 1.03 bits per heavy atom. The number of nitrogens with one attached hydrogen (secondary N) is 1. The molecule has 1 fully saturated rings. The van der Waals surface area contributed by atoms with Gasteiger partial charge in [0.25, 0.3) is 5.91 Å². The molecular weight excluding hydrogens is 428 g/mol. The molecule has 160 valence electrons. The fourth-order valence-electron chi connectivity index (χ4n) is 3.98. The lowest BCUT2D eigenvalue weighted by molar-refractivity contribution is -0.129. The summed E-state index contributed by atoms with van der Waals surface area (Å²) in [7, 11) is 0. The summed E-state index contributed by atoms with van der Waals surface area (Å²) in [4.78, 5) is 28.2. The van der Waals surface area contributed by atoms with E-state index in [1.807, 2.05) is 72.5 Å². The first kappa shape index (κ1) is 21.7. The summed E-state index contributed by atoms with van der Waals surface area (Å²) in [5.41, 5.74) is 1.68. The molecule has 2 amide bonds. The summed E-state index contributed by atoms with van der Waals surface area (Å²) >= 11 is 7.93. The highest BCUT2D eigenvalue weighted by molar-refractivity contribution is 8.00. The van der Waals surface area contributed by atoms with Gasteiger partial charge in [-0.05, 0) is 48.9 Å². The van der Waals surface area contributed by atoms with Crippen molar-refractivity contribution >= 4 is 45.9 Å². The third kappa shape index (κ3) is 5.05. The van der Waals surface area contributed by atoms with Gasteiger partial charge in [-0.15, -0.1) is 11.8 Å². The zero-order valence-electron chi connectivity index (χ0n) is 17.4. The zero-order chi connectivity index (χ0) is 21.8. The van der Waals surface area contributed by atoms with Crippen LogP contribution in [0.4, 0.5) is 0 Å². The van der Waals surface area contributed by atoms with Gasteiger partial charge in [0, 0.05) is 40.0 Å². The number of halogens is 1. The molecule has 4 nitrogen and oxygen atoms in total. The molecule has 4 rings (SSSR count). The average Bonchev–Trinajstić information content (AvgIpc) is 2.78. The number of piperidine rings is 1. The molecule has 0 bridgehead atoms. The van der Waals surface area contributed by atoms with E-state index in [9.17, 15) is 9.59 Å². The van der Waals surface area contributed by atoms with Crippen LogP contribution in [0.2, 0.25) is 5.02 Å². The normalized spacial score (nSPS) is 14.6. The van der Waals surface area contributed by atoms with Crippen molar-refractivity contribution in [1.82, 2.24) is 10.2 Å². The van der Waals surface area contributed by atoms with Crippen LogP contribution in [0, 0.1) is 6.92 Å². The van der Waals surface area contributed by atoms with E-state index in [1.165, 1.54) is 11.8 Å². The molecule has 31 heavy (non-hydrogen) atoms. The molecule has 0 atom stereocenters. The average molecular weight is 453 g/mol. The summed E-state index contributed by atoms with van der Waals surface area (Å²) in [6.45, 7) is 3.26. The molecule has 0 aliphatic carbocycles. The number of nitrogens with zero attached hydrogens (tertiary/aromatic N) is 1. The van der Waals surface area contributed by atoms with E-state index in [1.54, 1.807) is 0 Å². The van der Waals surface area contributed by atoms with Crippen molar-refractivity contribution in [3.63, 3.8) is 0 Å². The third-order valence-electron chi connectivity index (χ3n) is 5.74. The van der Waals surface area contributed by atoms with Crippen LogP contribution in [-0.2, 0) is 4.79 Å². The lowest BCUT2D eigenvalue weighted by atomic mass is 10.0. The van der Waals surface area contributed by atoms with Gasteiger partial charge in [0.15, 0.2) is 0 Å². The minimum absolute atomic E-state index is 0.0359. The summed E-state index contributed by atoms with van der Waals surface area (Å²) in [5.74, 6) is 0.467. The Balaban J connectivity index is 1.30. The molecule has 1 saturated heterocycles. The van der Waals surface area contributed by atoms with Gasteiger partial charge in [0.05, 0.1) is 5.75 Å². The molecule has 1 aliphatic rings. The van der Waals surface area contributed by atoms with Gasteiger partial charge in [-0.2, -0.15) is 0 Å². The first-order chi connectivity index (χ1) is 15.0. The van der Waals surface area contributed by atoms with Gasteiger partial charge in [0.1, 0.15) is 0 Å².